The average Bonchev–Trinajstić information content (AvgIpc) is 2.66. The van der Waals surface area contributed by atoms with Crippen molar-refractivity contribution in [2.24, 2.45) is 0 Å². The molecule has 0 heterocycles. The number of carbonyl (C=O) groups is 1. The van der Waals surface area contributed by atoms with Crippen molar-refractivity contribution in [1.82, 2.24) is 0 Å². The fourth-order valence-electron chi connectivity index (χ4n) is 2.64. The Morgan fingerprint density at radius 1 is 1.15 bits per heavy atom. The molecule has 2 aromatic carbocycles. The van der Waals surface area contributed by atoms with Gasteiger partial charge in [-0.1, -0.05) is 6.07 Å². The third-order valence-electron chi connectivity index (χ3n) is 4.27. The summed E-state index contributed by atoms with van der Waals surface area (Å²) in [5.74, 6) is 1.52. The molecular weight excluding hydrogens is 356 g/mol. The zero-order valence-corrected chi connectivity index (χ0v) is 17.0. The zero-order valence-electron chi connectivity index (χ0n) is 16.2. The predicted molar refractivity (Wildman–Crippen MR) is 111 cm³/mol. The summed E-state index contributed by atoms with van der Waals surface area (Å²) in [7, 11) is 0. The molecular formula is C22H26N2O2S. The number of amides is 1. The van der Waals surface area contributed by atoms with Crippen LogP contribution in [0.25, 0.3) is 0 Å². The van der Waals surface area contributed by atoms with Crippen LogP contribution in [0.15, 0.2) is 47.4 Å². The van der Waals surface area contributed by atoms with Crippen LogP contribution < -0.4 is 9.64 Å². The number of thioether (sulfide) groups is 1. The third kappa shape index (κ3) is 6.33. The van der Waals surface area contributed by atoms with E-state index in [9.17, 15) is 4.79 Å². The fraction of sp³-hybridized carbons (Fsp3) is 0.364. The van der Waals surface area contributed by atoms with E-state index in [1.807, 2.05) is 31.2 Å². The molecule has 2 rings (SSSR count). The maximum atomic E-state index is 12.7. The Kier molecular flexibility index (Phi) is 8.22. The second kappa shape index (κ2) is 10.6. The van der Waals surface area contributed by atoms with Gasteiger partial charge in [-0.05, 0) is 68.3 Å². The first kappa shape index (κ1) is 20.9. The van der Waals surface area contributed by atoms with E-state index in [2.05, 4.69) is 38.1 Å². The lowest BCUT2D eigenvalue weighted by Crippen LogP contribution is -2.32. The van der Waals surface area contributed by atoms with Crippen LogP contribution in [0.2, 0.25) is 0 Å². The van der Waals surface area contributed by atoms with Gasteiger partial charge in [0.15, 0.2) is 0 Å². The Balaban J connectivity index is 1.99. The fourth-order valence-corrected chi connectivity index (χ4v) is 3.58. The minimum Gasteiger partial charge on any atom is -0.494 e. The maximum Gasteiger partial charge on any atom is 0.227 e. The largest absolute Gasteiger partial charge is 0.494 e. The van der Waals surface area contributed by atoms with Gasteiger partial charge in [-0.25, -0.2) is 0 Å². The van der Waals surface area contributed by atoms with Crippen LogP contribution in [0, 0.1) is 25.2 Å². The SMILES string of the molecule is CCOc1ccc(N(CCC#N)C(=O)CCSc2ccc(C)c(C)c2)cc1. The number of nitrogens with zero attached hydrogens (tertiary/aromatic N) is 2. The van der Waals surface area contributed by atoms with E-state index >= 15 is 0 Å². The van der Waals surface area contributed by atoms with Crippen molar-refractivity contribution in [3.63, 3.8) is 0 Å². The normalized spacial score (nSPS) is 10.3. The van der Waals surface area contributed by atoms with Crippen molar-refractivity contribution in [3.8, 4) is 11.8 Å². The third-order valence-corrected chi connectivity index (χ3v) is 5.27. The van der Waals surface area contributed by atoms with Gasteiger partial charge in [0, 0.05) is 29.3 Å². The quantitative estimate of drug-likeness (QED) is 0.564. The van der Waals surface area contributed by atoms with E-state index < -0.39 is 0 Å². The van der Waals surface area contributed by atoms with Crippen LogP contribution in [0.4, 0.5) is 5.69 Å². The number of ether oxygens (including phenoxy) is 1. The van der Waals surface area contributed by atoms with E-state index in [4.69, 9.17) is 10.00 Å². The van der Waals surface area contributed by atoms with Crippen molar-refractivity contribution >= 4 is 23.4 Å². The number of benzene rings is 2. The number of aryl methyl sites for hydroxylation is 2. The minimum absolute atomic E-state index is 0.0331. The molecule has 27 heavy (non-hydrogen) atoms. The van der Waals surface area contributed by atoms with Gasteiger partial charge in [-0.15, -0.1) is 11.8 Å². The van der Waals surface area contributed by atoms with Crippen molar-refractivity contribution in [3.05, 3.63) is 53.6 Å². The second-order valence-corrected chi connectivity index (χ2v) is 7.39. The Bertz CT molecular complexity index is 797. The summed E-state index contributed by atoms with van der Waals surface area (Å²) in [6.07, 6.45) is 0.736. The number of nitriles is 1. The van der Waals surface area contributed by atoms with Gasteiger partial charge in [0.2, 0.25) is 5.91 Å². The smallest absolute Gasteiger partial charge is 0.227 e. The molecule has 0 radical (unpaired) electrons. The standard InChI is InChI=1S/C22H26N2O2S/c1-4-26-20-9-7-19(8-10-20)24(14-5-13-23)22(25)12-15-27-21-11-6-17(2)18(3)16-21/h6-11,16H,4-5,12,14-15H2,1-3H3. The Morgan fingerprint density at radius 3 is 2.52 bits per heavy atom. The average molecular weight is 383 g/mol. The van der Waals surface area contributed by atoms with E-state index in [0.717, 1.165) is 11.4 Å². The van der Waals surface area contributed by atoms with Gasteiger partial charge in [-0.3, -0.25) is 4.79 Å². The highest BCUT2D eigenvalue weighted by atomic mass is 32.2. The lowest BCUT2D eigenvalue weighted by atomic mass is 10.1. The molecule has 0 saturated heterocycles. The number of anilines is 1. The molecule has 0 aliphatic heterocycles. The lowest BCUT2D eigenvalue weighted by molar-refractivity contribution is -0.118. The van der Waals surface area contributed by atoms with Crippen molar-refractivity contribution < 1.29 is 9.53 Å². The molecule has 0 aliphatic carbocycles. The summed E-state index contributed by atoms with van der Waals surface area (Å²) < 4.78 is 5.45. The summed E-state index contributed by atoms with van der Waals surface area (Å²) in [5, 5.41) is 8.92. The molecule has 0 saturated carbocycles. The molecule has 0 atom stereocenters. The van der Waals surface area contributed by atoms with Gasteiger partial charge >= 0.3 is 0 Å². The van der Waals surface area contributed by atoms with E-state index in [1.54, 1.807) is 16.7 Å². The lowest BCUT2D eigenvalue weighted by Gasteiger charge is -2.22. The summed E-state index contributed by atoms with van der Waals surface area (Å²) >= 11 is 1.68. The molecule has 1 amide bonds. The number of hydrogen-bond acceptors (Lipinski definition) is 4. The van der Waals surface area contributed by atoms with Gasteiger partial charge < -0.3 is 9.64 Å². The first-order chi connectivity index (χ1) is 13.0. The Hall–Kier alpha value is -2.45. The molecule has 5 heteroatoms. The van der Waals surface area contributed by atoms with Crippen LogP contribution in [-0.2, 0) is 4.79 Å². The molecule has 0 N–H and O–H groups in total. The Labute approximate surface area is 166 Å². The van der Waals surface area contributed by atoms with E-state index in [1.165, 1.54) is 16.0 Å². The number of carbonyl (C=O) groups excluding carboxylic acids is 1. The van der Waals surface area contributed by atoms with Gasteiger partial charge in [0.25, 0.3) is 0 Å². The summed E-state index contributed by atoms with van der Waals surface area (Å²) in [4.78, 5) is 15.6. The van der Waals surface area contributed by atoms with Crippen LogP contribution in [-0.4, -0.2) is 24.8 Å². The highest BCUT2D eigenvalue weighted by Crippen LogP contribution is 2.24. The van der Waals surface area contributed by atoms with Gasteiger partial charge in [-0.2, -0.15) is 5.26 Å². The second-order valence-electron chi connectivity index (χ2n) is 6.22. The molecule has 4 nitrogen and oxygen atoms in total. The minimum atomic E-state index is 0.0331. The molecule has 142 valence electrons. The van der Waals surface area contributed by atoms with E-state index in [0.29, 0.717) is 31.7 Å². The predicted octanol–water partition coefficient (Wildman–Crippen LogP) is 5.13. The molecule has 0 spiro atoms. The summed E-state index contributed by atoms with van der Waals surface area (Å²) in [6, 6.07) is 15.9. The molecule has 0 fully saturated rings. The topological polar surface area (TPSA) is 53.3 Å². The molecule has 2 aromatic rings. The van der Waals surface area contributed by atoms with Crippen molar-refractivity contribution in [2.75, 3.05) is 23.8 Å². The van der Waals surface area contributed by atoms with Crippen LogP contribution in [0.1, 0.15) is 30.9 Å². The van der Waals surface area contributed by atoms with Crippen molar-refractivity contribution in [2.45, 2.75) is 38.5 Å². The Morgan fingerprint density at radius 2 is 1.89 bits per heavy atom. The van der Waals surface area contributed by atoms with Crippen LogP contribution >= 0.6 is 11.8 Å². The highest BCUT2D eigenvalue weighted by molar-refractivity contribution is 7.99. The molecule has 0 aliphatic rings. The molecule has 0 unspecified atom stereocenters. The van der Waals surface area contributed by atoms with E-state index in [-0.39, 0.29) is 5.91 Å². The molecule has 0 bridgehead atoms. The van der Waals surface area contributed by atoms with Crippen LogP contribution in [0.3, 0.4) is 0 Å². The first-order valence-corrected chi connectivity index (χ1v) is 10.1. The monoisotopic (exact) mass is 382 g/mol. The number of rotatable bonds is 9. The summed E-state index contributed by atoms with van der Waals surface area (Å²) in [6.45, 7) is 7.13. The van der Waals surface area contributed by atoms with Gasteiger partial charge in [0.1, 0.15) is 5.75 Å². The maximum absolute atomic E-state index is 12.7. The zero-order chi connectivity index (χ0) is 19.6. The van der Waals surface area contributed by atoms with Crippen LogP contribution in [0.5, 0.6) is 5.75 Å². The first-order valence-electron chi connectivity index (χ1n) is 9.15. The molecule has 0 aromatic heterocycles. The van der Waals surface area contributed by atoms with Gasteiger partial charge in [0.05, 0.1) is 19.1 Å². The number of hydrogen-bond donors (Lipinski definition) is 0. The summed E-state index contributed by atoms with van der Waals surface area (Å²) in [5.41, 5.74) is 3.33. The highest BCUT2D eigenvalue weighted by Gasteiger charge is 2.15. The van der Waals surface area contributed by atoms with Crippen molar-refractivity contribution in [1.29, 1.82) is 5.26 Å².